The van der Waals surface area contributed by atoms with Gasteiger partial charge in [0.25, 0.3) is 5.91 Å². The minimum Gasteiger partial charge on any atom is -0.417 e. The summed E-state index contributed by atoms with van der Waals surface area (Å²) in [5.74, 6) is -0.0985. The lowest BCUT2D eigenvalue weighted by molar-refractivity contribution is -0.882. The van der Waals surface area contributed by atoms with Gasteiger partial charge in [-0.05, 0) is 72.3 Å². The maximum absolute atomic E-state index is 12.6. The SMILES string of the molecule is C=C(C)C(=O)NCCC[N+](C)(C)CC(=O)NCCC[Si](O[Si](C)(C)C)(O[Si](C)(C)C)O[Si](C)(C)C. The number of carbonyl (C=O) groups is 2. The van der Waals surface area contributed by atoms with Crippen molar-refractivity contribution in [3.8, 4) is 0 Å². The van der Waals surface area contributed by atoms with Crippen LogP contribution in [0.5, 0.6) is 0 Å². The first-order valence-electron chi connectivity index (χ1n) is 12.7. The molecule has 0 aliphatic heterocycles. The van der Waals surface area contributed by atoms with Gasteiger partial charge in [-0.1, -0.05) is 6.58 Å². The molecule has 0 spiro atoms. The van der Waals surface area contributed by atoms with Gasteiger partial charge in [0.1, 0.15) is 0 Å². The highest BCUT2D eigenvalue weighted by Crippen LogP contribution is 2.29. The summed E-state index contributed by atoms with van der Waals surface area (Å²) >= 11 is 0. The molecule has 0 bridgehead atoms. The van der Waals surface area contributed by atoms with Crippen LogP contribution < -0.4 is 10.6 Å². The molecule has 0 aliphatic rings. The molecule has 0 aromatic heterocycles. The van der Waals surface area contributed by atoms with Gasteiger partial charge in [0.2, 0.25) is 5.91 Å². The third-order valence-electron chi connectivity index (χ3n) is 4.55. The maximum atomic E-state index is 12.6. The molecular formula is C23H54N3O5Si4+. The van der Waals surface area contributed by atoms with Crippen molar-refractivity contribution in [2.45, 2.75) is 84.7 Å². The Bertz CT molecular complexity index is 673. The van der Waals surface area contributed by atoms with Gasteiger partial charge in [0.15, 0.2) is 31.5 Å². The van der Waals surface area contributed by atoms with E-state index >= 15 is 0 Å². The number of hydrogen-bond acceptors (Lipinski definition) is 5. The van der Waals surface area contributed by atoms with E-state index in [4.69, 9.17) is 12.3 Å². The lowest BCUT2D eigenvalue weighted by Gasteiger charge is -2.43. The second-order valence-electron chi connectivity index (χ2n) is 13.0. The zero-order valence-electron chi connectivity index (χ0n) is 24.6. The maximum Gasteiger partial charge on any atom is 0.469 e. The van der Waals surface area contributed by atoms with Gasteiger partial charge in [-0.3, -0.25) is 9.59 Å². The fraction of sp³-hybridized carbons (Fsp3) is 0.826. The van der Waals surface area contributed by atoms with Crippen molar-refractivity contribution >= 4 is 45.6 Å². The third-order valence-corrected chi connectivity index (χ3v) is 16.6. The minimum atomic E-state index is -2.87. The molecule has 2 N–H and O–H groups in total. The predicted octanol–water partition coefficient (Wildman–Crippen LogP) is 4.14. The average molecular weight is 565 g/mol. The number of quaternary nitrogens is 1. The van der Waals surface area contributed by atoms with Crippen LogP contribution in [0.15, 0.2) is 12.2 Å². The fourth-order valence-electron chi connectivity index (χ4n) is 3.53. The van der Waals surface area contributed by atoms with Crippen LogP contribution in [0.3, 0.4) is 0 Å². The van der Waals surface area contributed by atoms with E-state index in [9.17, 15) is 9.59 Å². The normalized spacial score (nSPS) is 13.5. The van der Waals surface area contributed by atoms with Crippen molar-refractivity contribution in [2.24, 2.45) is 0 Å². The molecule has 0 saturated heterocycles. The molecule has 0 aromatic rings. The highest BCUT2D eigenvalue weighted by Gasteiger charge is 2.49. The third kappa shape index (κ3) is 18.3. The van der Waals surface area contributed by atoms with Gasteiger partial charge in [-0.15, -0.1) is 0 Å². The number of rotatable bonds is 17. The molecule has 0 heterocycles. The molecule has 206 valence electrons. The summed E-state index contributed by atoms with van der Waals surface area (Å²) in [7, 11) is -4.51. The molecule has 0 fully saturated rings. The van der Waals surface area contributed by atoms with Crippen LogP contribution in [0.4, 0.5) is 0 Å². The topological polar surface area (TPSA) is 85.9 Å². The van der Waals surface area contributed by atoms with Gasteiger partial charge in [-0.2, -0.15) is 0 Å². The van der Waals surface area contributed by atoms with E-state index in [2.05, 4.69) is 76.1 Å². The van der Waals surface area contributed by atoms with Crippen molar-refractivity contribution in [1.82, 2.24) is 10.6 Å². The standard InChI is InChI=1S/C23H53N3O5Si4/c1-21(2)23(28)25-16-14-18-26(3,4)20-22(27)24-17-15-19-35(29-32(5,6)7,30-33(8,9)10)31-34(11,12)13/h1,14-20H2,2-13H3,(H-,24,25,27,28)/p+1. The van der Waals surface area contributed by atoms with Gasteiger partial charge < -0.3 is 27.5 Å². The monoisotopic (exact) mass is 564 g/mol. The molecule has 0 unspecified atom stereocenters. The van der Waals surface area contributed by atoms with E-state index in [0.717, 1.165) is 19.4 Å². The fourth-order valence-corrected chi connectivity index (χ4v) is 18.2. The first kappa shape index (κ1) is 34.4. The number of nitrogens with zero attached hydrogens (tertiary/aromatic N) is 1. The Labute approximate surface area is 219 Å². The molecule has 0 atom stereocenters. The molecule has 0 aliphatic carbocycles. The van der Waals surface area contributed by atoms with Gasteiger partial charge in [0.05, 0.1) is 20.6 Å². The van der Waals surface area contributed by atoms with E-state index in [1.54, 1.807) is 6.92 Å². The summed E-state index contributed by atoms with van der Waals surface area (Å²) in [5, 5.41) is 5.92. The lowest BCUT2D eigenvalue weighted by Crippen LogP contribution is -2.60. The molecule has 2 amide bonds. The van der Waals surface area contributed by atoms with Crippen LogP contribution in [-0.4, -0.2) is 90.3 Å². The van der Waals surface area contributed by atoms with Crippen LogP contribution in [0.2, 0.25) is 65.0 Å². The highest BCUT2D eigenvalue weighted by molar-refractivity contribution is 6.90. The summed E-state index contributed by atoms with van der Waals surface area (Å²) in [6, 6.07) is 0.715. The van der Waals surface area contributed by atoms with Crippen LogP contribution in [0.1, 0.15) is 19.8 Å². The molecule has 0 saturated carbocycles. The van der Waals surface area contributed by atoms with Crippen molar-refractivity contribution in [2.75, 3.05) is 40.3 Å². The predicted molar refractivity (Wildman–Crippen MR) is 156 cm³/mol. The minimum absolute atomic E-state index is 0.0246. The second-order valence-corrected chi connectivity index (χ2v) is 30.0. The van der Waals surface area contributed by atoms with Crippen LogP contribution in [0, 0.1) is 0 Å². The largest absolute Gasteiger partial charge is 0.469 e. The summed E-state index contributed by atoms with van der Waals surface area (Å²) in [6.07, 6.45) is 1.56. The van der Waals surface area contributed by atoms with Crippen molar-refractivity contribution < 1.29 is 26.4 Å². The number of amides is 2. The smallest absolute Gasteiger partial charge is 0.417 e. The molecule has 35 heavy (non-hydrogen) atoms. The van der Waals surface area contributed by atoms with E-state index < -0.39 is 33.8 Å². The average Bonchev–Trinajstić information content (AvgIpc) is 2.57. The first-order valence-corrected chi connectivity index (χ1v) is 24.8. The van der Waals surface area contributed by atoms with Gasteiger partial charge >= 0.3 is 8.80 Å². The molecule has 12 heteroatoms. The zero-order valence-corrected chi connectivity index (χ0v) is 28.6. The Balaban J connectivity index is 4.91. The number of carbonyl (C=O) groups excluding carboxylic acids is 2. The first-order chi connectivity index (χ1) is 15.5. The Hall–Kier alpha value is -0.612. The summed E-state index contributed by atoms with van der Waals surface area (Å²) in [6.45, 7) is 27.3. The Morgan fingerprint density at radius 3 is 1.60 bits per heavy atom. The lowest BCUT2D eigenvalue weighted by atomic mass is 10.3. The van der Waals surface area contributed by atoms with Crippen molar-refractivity contribution in [1.29, 1.82) is 0 Å². The summed E-state index contributed by atoms with van der Waals surface area (Å²) in [4.78, 5) is 24.2. The molecule has 0 aromatic carbocycles. The zero-order chi connectivity index (χ0) is 27.7. The molecule has 0 radical (unpaired) electrons. The van der Waals surface area contributed by atoms with Crippen molar-refractivity contribution in [3.63, 3.8) is 0 Å². The summed E-state index contributed by atoms with van der Waals surface area (Å²) in [5.41, 5.74) is 0.505. The van der Waals surface area contributed by atoms with Crippen LogP contribution in [-0.2, 0) is 21.9 Å². The van der Waals surface area contributed by atoms with Crippen LogP contribution in [0.25, 0.3) is 0 Å². The quantitative estimate of drug-likeness (QED) is 0.120. The molecule has 0 rings (SSSR count). The Morgan fingerprint density at radius 2 is 1.20 bits per heavy atom. The number of likely N-dealkylation sites (N-methyl/N-ethyl adjacent to an activating group) is 1. The van der Waals surface area contributed by atoms with E-state index in [-0.39, 0.29) is 11.8 Å². The number of nitrogens with one attached hydrogen (secondary N) is 2. The van der Waals surface area contributed by atoms with E-state index in [0.29, 0.717) is 35.7 Å². The number of hydrogen-bond donors (Lipinski definition) is 2. The Kier molecular flexibility index (Phi) is 13.6. The second kappa shape index (κ2) is 13.8. The van der Waals surface area contributed by atoms with Crippen LogP contribution >= 0.6 is 0 Å². The molecular weight excluding hydrogens is 511 g/mol. The molecule has 8 nitrogen and oxygen atoms in total. The Morgan fingerprint density at radius 1 is 0.771 bits per heavy atom. The van der Waals surface area contributed by atoms with Gasteiger partial charge in [-0.25, -0.2) is 0 Å². The summed E-state index contributed by atoms with van der Waals surface area (Å²) < 4.78 is 20.7. The van der Waals surface area contributed by atoms with E-state index in [1.807, 2.05) is 14.1 Å². The van der Waals surface area contributed by atoms with Gasteiger partial charge in [0, 0.05) is 31.1 Å². The van der Waals surface area contributed by atoms with E-state index in [1.165, 1.54) is 0 Å². The highest BCUT2D eigenvalue weighted by atomic mass is 28.5. The van der Waals surface area contributed by atoms with Crippen molar-refractivity contribution in [3.05, 3.63) is 12.2 Å².